The molecule has 0 rings (SSSR count). The van der Waals surface area contributed by atoms with Crippen molar-refractivity contribution in [3.05, 3.63) is 0 Å². The van der Waals surface area contributed by atoms with Crippen LogP contribution in [0.15, 0.2) is 0 Å². The molecule has 0 aromatic rings. The fourth-order valence-electron chi connectivity index (χ4n) is 0. The Hall–Kier alpha value is 0.562. The van der Waals surface area contributed by atoms with Crippen LogP contribution < -0.4 is 19.8 Å². The first kappa shape index (κ1) is 33.7. The van der Waals surface area contributed by atoms with Gasteiger partial charge in [-0.2, -0.15) is 0 Å². The van der Waals surface area contributed by atoms with Gasteiger partial charge >= 0.3 is 43.4 Å². The van der Waals surface area contributed by atoms with Crippen molar-refractivity contribution in [3.63, 3.8) is 0 Å². The van der Waals surface area contributed by atoms with Crippen LogP contribution in [-0.2, 0) is 23.5 Å². The van der Waals surface area contributed by atoms with E-state index in [1.165, 1.54) is 0 Å². The minimum absolute atomic E-state index is 0. The first-order valence-corrected chi connectivity index (χ1v) is 5.46. The van der Waals surface area contributed by atoms with Crippen LogP contribution in [0.25, 0.3) is 0 Å². The fraction of sp³-hybridized carbons (Fsp3) is 0. The molecule has 9 heteroatoms. The Morgan fingerprint density at radius 3 is 0.889 bits per heavy atom. The largest absolute Gasteiger partial charge is 0.0149 e. The summed E-state index contributed by atoms with van der Waals surface area (Å²) in [5, 5.41) is 0. The maximum Gasteiger partial charge on any atom is -0.0149 e. The molecule has 0 spiro atoms. The third-order valence-electron chi connectivity index (χ3n) is 0. The van der Waals surface area contributed by atoms with Gasteiger partial charge in [-0.3, -0.25) is 0 Å². The van der Waals surface area contributed by atoms with Crippen LogP contribution in [0.3, 0.4) is 0 Å². The summed E-state index contributed by atoms with van der Waals surface area (Å²) < 4.78 is 34.6. The van der Waals surface area contributed by atoms with Crippen molar-refractivity contribution in [3.8, 4) is 0 Å². The second-order valence-electron chi connectivity index (χ2n) is 0.408. The number of hydrogen-bond acceptors (Lipinski definition) is 4. The van der Waals surface area contributed by atoms with E-state index in [1.54, 1.807) is 0 Å². The van der Waals surface area contributed by atoms with E-state index in [9.17, 15) is 0 Å². The summed E-state index contributed by atoms with van der Waals surface area (Å²) in [6.45, 7) is 0. The van der Waals surface area contributed by atoms with E-state index < -0.39 is 16.7 Å². The summed E-state index contributed by atoms with van der Waals surface area (Å²) in [5.74, 6) is 0. The molecule has 0 aromatic carbocycles. The Morgan fingerprint density at radius 1 is 0.889 bits per heavy atom. The van der Waals surface area contributed by atoms with E-state index in [1.807, 2.05) is 0 Å². The first-order chi connectivity index (χ1) is 2.00. The predicted molar refractivity (Wildman–Crippen MR) is 28.3 cm³/mol. The normalized spacial score (nSPS) is 6.44. The predicted octanol–water partition coefficient (Wildman–Crippen LogP) is -6.48. The Bertz CT molecular complexity index is 99.7. The van der Waals surface area contributed by atoms with Gasteiger partial charge in [-0.15, -0.1) is 0 Å². The Labute approximate surface area is 65.6 Å². The SMILES string of the molecule is [N+].[N+].[O]=[W](=[O])([O-])[O-].[SiH4].[SiH4]. The monoisotopic (exact) mass is 340 g/mol. The van der Waals surface area contributed by atoms with Gasteiger partial charge in [0, 0.05) is 0 Å². The molecule has 9 heavy (non-hydrogen) atoms. The topological polar surface area (TPSA) is 141 Å². The van der Waals surface area contributed by atoms with Crippen molar-refractivity contribution in [1.82, 2.24) is 12.3 Å². The molecule has 0 aliphatic carbocycles. The zero-order valence-corrected chi connectivity index (χ0v) is 5.87. The average Bonchev–Trinajstić information content (AvgIpc) is 0.722. The molecule has 0 atom stereocenters. The zero-order valence-electron chi connectivity index (χ0n) is 2.94. The molecule has 0 aliphatic heterocycles. The van der Waals surface area contributed by atoms with Crippen LogP contribution >= 0.6 is 0 Å². The Kier molecular flexibility index (Phi) is 42.6. The summed E-state index contributed by atoms with van der Waals surface area (Å²) in [4.78, 5) is 0. The molecule has 0 N–H and O–H groups in total. The second kappa shape index (κ2) is 11.4. The van der Waals surface area contributed by atoms with Crippen LogP contribution in [0.4, 0.5) is 0 Å². The quantitative estimate of drug-likeness (QED) is 0.404. The minimum atomic E-state index is -6.17. The van der Waals surface area contributed by atoms with E-state index in [0.717, 1.165) is 0 Å². The van der Waals surface area contributed by atoms with Crippen LogP contribution in [-0.4, -0.2) is 21.9 Å². The van der Waals surface area contributed by atoms with E-state index >= 15 is 0 Å². The van der Waals surface area contributed by atoms with Crippen molar-refractivity contribution in [1.29, 1.82) is 0 Å². The second-order valence-corrected chi connectivity index (χ2v) is 3.34. The van der Waals surface area contributed by atoms with E-state index in [-0.39, 0.29) is 34.2 Å². The summed E-state index contributed by atoms with van der Waals surface area (Å²) in [6.07, 6.45) is 0. The van der Waals surface area contributed by atoms with Crippen LogP contribution in [0.5, 0.6) is 0 Å². The first-order valence-electron chi connectivity index (χ1n) is 0.667. The summed E-state index contributed by atoms with van der Waals surface area (Å²) in [5.41, 5.74) is 0. The van der Waals surface area contributed by atoms with Crippen molar-refractivity contribution in [2.45, 2.75) is 0 Å². The van der Waals surface area contributed by atoms with E-state index in [4.69, 9.17) is 14.3 Å². The molecule has 0 saturated heterocycles. The molecule has 0 amide bonds. The summed E-state index contributed by atoms with van der Waals surface area (Å²) in [6, 6.07) is 0. The summed E-state index contributed by atoms with van der Waals surface area (Å²) >= 11 is -6.17. The van der Waals surface area contributed by atoms with Crippen molar-refractivity contribution in [2.24, 2.45) is 0 Å². The molecule has 8 radical (unpaired) electrons. The maximum atomic E-state index is 8.65. The van der Waals surface area contributed by atoms with Crippen molar-refractivity contribution < 1.29 is 31.1 Å². The number of hydrogen-bond donors (Lipinski definition) is 0. The molecule has 0 bridgehead atoms. The van der Waals surface area contributed by atoms with Crippen LogP contribution in [0, 0.1) is 0 Å². The third kappa shape index (κ3) is 1170. The fourth-order valence-corrected chi connectivity index (χ4v) is 0. The minimum Gasteiger partial charge on any atom is -0.0149 e. The van der Waals surface area contributed by atoms with Gasteiger partial charge in [-0.1, -0.05) is 0 Å². The summed E-state index contributed by atoms with van der Waals surface area (Å²) in [7, 11) is 0. The third-order valence-corrected chi connectivity index (χ3v) is 0. The molecule has 0 aliphatic rings. The number of nitrogens with zero attached hydrogens (tertiary/aromatic N) is 2. The van der Waals surface area contributed by atoms with E-state index in [0.29, 0.717) is 0 Å². The van der Waals surface area contributed by atoms with Crippen molar-refractivity contribution >= 4 is 21.9 Å². The van der Waals surface area contributed by atoms with Gasteiger partial charge in [0.1, 0.15) is 0 Å². The molecule has 0 fully saturated rings. The number of rotatable bonds is 0. The van der Waals surface area contributed by atoms with Crippen LogP contribution in [0.1, 0.15) is 0 Å². The maximum absolute atomic E-state index is 8.65. The Balaban J connectivity index is -0.0000000133. The Morgan fingerprint density at radius 2 is 0.889 bits per heavy atom. The molecular weight excluding hydrogens is 332 g/mol. The average molecular weight is 340 g/mol. The molecule has 0 unspecified atom stereocenters. The molecule has 56 valence electrons. The molecule has 0 heterocycles. The smallest absolute Gasteiger partial charge is 0.0149 e. The molecule has 6 nitrogen and oxygen atoms in total. The van der Waals surface area contributed by atoms with Gasteiger partial charge in [0.05, 0.1) is 0 Å². The van der Waals surface area contributed by atoms with Gasteiger partial charge in [0.25, 0.3) is 0 Å². The van der Waals surface area contributed by atoms with Gasteiger partial charge in [-0.25, -0.2) is 0 Å². The standard InChI is InChI=1S/2N.4O.2H4Si.W/h;;;;;;2*1H4;/q2*+1;;;2*-1;;;. The molecular formula is H8N2O4Si2W. The van der Waals surface area contributed by atoms with Gasteiger partial charge in [0.2, 0.25) is 0 Å². The molecule has 0 saturated carbocycles. The molecule has 0 aromatic heterocycles. The van der Waals surface area contributed by atoms with Gasteiger partial charge in [-0.05, 0) is 21.9 Å². The van der Waals surface area contributed by atoms with Crippen molar-refractivity contribution in [2.75, 3.05) is 0 Å². The van der Waals surface area contributed by atoms with E-state index in [2.05, 4.69) is 0 Å². The van der Waals surface area contributed by atoms with Gasteiger partial charge in [0.15, 0.2) is 0 Å². The zero-order chi connectivity index (χ0) is 4.50. The van der Waals surface area contributed by atoms with Gasteiger partial charge < -0.3 is 0 Å². The van der Waals surface area contributed by atoms with Crippen LogP contribution in [0.2, 0.25) is 0 Å².